The summed E-state index contributed by atoms with van der Waals surface area (Å²) in [6, 6.07) is 12.5. The van der Waals surface area contributed by atoms with E-state index in [1.165, 1.54) is 0 Å². The molecule has 32 heavy (non-hydrogen) atoms. The summed E-state index contributed by atoms with van der Waals surface area (Å²) in [6.45, 7) is 5.87. The number of hydrazone groups is 1. The van der Waals surface area contributed by atoms with Crippen LogP contribution in [0.2, 0.25) is 5.02 Å². The highest BCUT2D eigenvalue weighted by Crippen LogP contribution is 2.30. The second kappa shape index (κ2) is 9.01. The van der Waals surface area contributed by atoms with Crippen molar-refractivity contribution in [3.8, 4) is 0 Å². The number of carbonyl (C=O) groups excluding carboxylic acids is 2. The van der Waals surface area contributed by atoms with E-state index in [0.717, 1.165) is 40.1 Å². The Morgan fingerprint density at radius 3 is 2.56 bits per heavy atom. The van der Waals surface area contributed by atoms with Crippen LogP contribution in [0.3, 0.4) is 0 Å². The Morgan fingerprint density at radius 1 is 1.00 bits per heavy atom. The second-order valence-electron chi connectivity index (χ2n) is 7.97. The molecule has 0 atom stereocenters. The van der Waals surface area contributed by atoms with Crippen LogP contribution in [-0.2, 0) is 6.42 Å². The summed E-state index contributed by atoms with van der Waals surface area (Å²) in [4.78, 5) is 25.4. The zero-order valence-corrected chi connectivity index (χ0v) is 19.0. The molecule has 2 amide bonds. The number of nitrogens with zero attached hydrogens (tertiary/aromatic N) is 1. The number of halogens is 1. The molecule has 3 aromatic rings. The maximum atomic E-state index is 12.9. The van der Waals surface area contributed by atoms with Crippen LogP contribution in [0.1, 0.15) is 61.8 Å². The largest absolute Gasteiger partial charge is 0.455 e. The molecular formula is C25H24ClN3O3. The van der Waals surface area contributed by atoms with Gasteiger partial charge in [-0.15, -0.1) is 0 Å². The van der Waals surface area contributed by atoms with Crippen LogP contribution in [-0.4, -0.2) is 17.5 Å². The van der Waals surface area contributed by atoms with E-state index < -0.39 is 0 Å². The summed E-state index contributed by atoms with van der Waals surface area (Å²) in [5.74, 6) is 0.335. The molecule has 2 aromatic carbocycles. The van der Waals surface area contributed by atoms with Crippen LogP contribution in [0, 0.1) is 20.8 Å². The van der Waals surface area contributed by atoms with E-state index >= 15 is 0 Å². The van der Waals surface area contributed by atoms with E-state index in [9.17, 15) is 9.59 Å². The van der Waals surface area contributed by atoms with Crippen molar-refractivity contribution in [1.82, 2.24) is 5.43 Å². The quantitative estimate of drug-likeness (QED) is 0.510. The van der Waals surface area contributed by atoms with Crippen LogP contribution < -0.4 is 10.7 Å². The first-order chi connectivity index (χ1) is 15.3. The SMILES string of the molecule is Cc1ccc(NC(=O)c2oc3c(c2C)/C(=N/NC(=O)c2cccc(Cl)c2)CCC3)cc1C. The van der Waals surface area contributed by atoms with E-state index in [4.69, 9.17) is 16.0 Å². The third-order valence-electron chi connectivity index (χ3n) is 5.68. The van der Waals surface area contributed by atoms with Gasteiger partial charge in [-0.2, -0.15) is 5.10 Å². The molecule has 0 radical (unpaired) electrons. The summed E-state index contributed by atoms with van der Waals surface area (Å²) in [5, 5.41) is 7.75. The molecule has 164 valence electrons. The Bertz CT molecular complexity index is 1240. The molecule has 4 rings (SSSR count). The maximum Gasteiger partial charge on any atom is 0.291 e. The number of amides is 2. The fourth-order valence-electron chi connectivity index (χ4n) is 3.82. The predicted octanol–water partition coefficient (Wildman–Crippen LogP) is 5.58. The van der Waals surface area contributed by atoms with Crippen molar-refractivity contribution < 1.29 is 14.0 Å². The van der Waals surface area contributed by atoms with E-state index in [2.05, 4.69) is 15.8 Å². The molecule has 0 bridgehead atoms. The molecular weight excluding hydrogens is 426 g/mol. The van der Waals surface area contributed by atoms with Gasteiger partial charge < -0.3 is 9.73 Å². The van der Waals surface area contributed by atoms with Gasteiger partial charge in [-0.25, -0.2) is 5.43 Å². The van der Waals surface area contributed by atoms with Crippen molar-refractivity contribution in [2.45, 2.75) is 40.0 Å². The van der Waals surface area contributed by atoms with Gasteiger partial charge in [0.05, 0.1) is 5.71 Å². The highest BCUT2D eigenvalue weighted by molar-refractivity contribution is 6.31. The van der Waals surface area contributed by atoms with Gasteiger partial charge in [-0.05, 0) is 75.1 Å². The van der Waals surface area contributed by atoms with Gasteiger partial charge in [0.1, 0.15) is 5.76 Å². The number of anilines is 1. The highest BCUT2D eigenvalue weighted by atomic mass is 35.5. The van der Waals surface area contributed by atoms with Gasteiger partial charge in [-0.3, -0.25) is 9.59 Å². The topological polar surface area (TPSA) is 83.7 Å². The summed E-state index contributed by atoms with van der Waals surface area (Å²) < 4.78 is 5.94. The third kappa shape index (κ3) is 4.46. The average Bonchev–Trinajstić information content (AvgIpc) is 3.12. The molecule has 0 saturated heterocycles. The maximum absolute atomic E-state index is 12.9. The Balaban J connectivity index is 1.57. The van der Waals surface area contributed by atoms with Gasteiger partial charge in [0.15, 0.2) is 5.76 Å². The van der Waals surface area contributed by atoms with E-state index in [1.807, 2.05) is 39.0 Å². The second-order valence-corrected chi connectivity index (χ2v) is 8.41. The normalized spacial score (nSPS) is 14.2. The van der Waals surface area contributed by atoms with Crippen LogP contribution in [0.5, 0.6) is 0 Å². The molecule has 7 heteroatoms. The Kier molecular flexibility index (Phi) is 6.15. The fraction of sp³-hybridized carbons (Fsp3) is 0.240. The van der Waals surface area contributed by atoms with Crippen LogP contribution in [0.15, 0.2) is 52.0 Å². The van der Waals surface area contributed by atoms with Gasteiger partial charge in [0.25, 0.3) is 11.8 Å². The van der Waals surface area contributed by atoms with Crippen molar-refractivity contribution in [1.29, 1.82) is 0 Å². The zero-order valence-electron chi connectivity index (χ0n) is 18.2. The number of hydrogen-bond acceptors (Lipinski definition) is 4. The number of hydrogen-bond donors (Lipinski definition) is 2. The van der Waals surface area contributed by atoms with E-state index in [0.29, 0.717) is 29.1 Å². The smallest absolute Gasteiger partial charge is 0.291 e. The van der Waals surface area contributed by atoms with Crippen molar-refractivity contribution in [3.05, 3.63) is 86.8 Å². The first-order valence-electron chi connectivity index (χ1n) is 10.5. The minimum atomic E-state index is -0.346. The number of nitrogens with one attached hydrogen (secondary N) is 2. The number of fused-ring (bicyclic) bond motifs is 1. The molecule has 2 N–H and O–H groups in total. The van der Waals surface area contributed by atoms with Crippen LogP contribution >= 0.6 is 11.6 Å². The lowest BCUT2D eigenvalue weighted by atomic mass is 9.93. The molecule has 1 aliphatic rings. The van der Waals surface area contributed by atoms with Crippen molar-refractivity contribution in [3.63, 3.8) is 0 Å². The molecule has 1 aromatic heterocycles. The number of carbonyl (C=O) groups is 2. The first-order valence-corrected chi connectivity index (χ1v) is 10.8. The molecule has 1 heterocycles. The van der Waals surface area contributed by atoms with Crippen molar-refractivity contribution in [2.24, 2.45) is 5.10 Å². The van der Waals surface area contributed by atoms with E-state index in [-0.39, 0.29) is 17.6 Å². The number of furan rings is 1. The van der Waals surface area contributed by atoms with Crippen molar-refractivity contribution in [2.75, 3.05) is 5.32 Å². The third-order valence-corrected chi connectivity index (χ3v) is 5.91. The lowest BCUT2D eigenvalue weighted by Gasteiger charge is -2.13. The summed E-state index contributed by atoms with van der Waals surface area (Å²) in [7, 11) is 0. The standard InChI is InChI=1S/C25H24ClN3O3/c1-14-10-11-19(12-15(14)2)27-25(31)23-16(3)22-20(8-5-9-21(22)32-23)28-29-24(30)17-6-4-7-18(26)13-17/h4,6-7,10-13H,5,8-9H2,1-3H3,(H,27,31)(H,29,30)/b28-20+. The number of aryl methyl sites for hydroxylation is 3. The summed E-state index contributed by atoms with van der Waals surface area (Å²) in [5.41, 5.74) is 8.23. The highest BCUT2D eigenvalue weighted by Gasteiger charge is 2.28. The van der Waals surface area contributed by atoms with Crippen molar-refractivity contribution >= 4 is 34.8 Å². The summed E-state index contributed by atoms with van der Waals surface area (Å²) >= 11 is 5.97. The Morgan fingerprint density at radius 2 is 1.81 bits per heavy atom. The van der Waals surface area contributed by atoms with Gasteiger partial charge >= 0.3 is 0 Å². The minimum Gasteiger partial charge on any atom is -0.455 e. The molecule has 6 nitrogen and oxygen atoms in total. The summed E-state index contributed by atoms with van der Waals surface area (Å²) in [6.07, 6.45) is 2.22. The minimum absolute atomic E-state index is 0.268. The molecule has 0 unspecified atom stereocenters. The van der Waals surface area contributed by atoms with E-state index in [1.54, 1.807) is 24.3 Å². The molecule has 0 saturated carbocycles. The molecule has 0 spiro atoms. The number of rotatable bonds is 4. The monoisotopic (exact) mass is 449 g/mol. The molecule has 0 aliphatic heterocycles. The first kappa shape index (κ1) is 21.8. The average molecular weight is 450 g/mol. The van der Waals surface area contributed by atoms with Crippen LogP contribution in [0.4, 0.5) is 5.69 Å². The molecule has 1 aliphatic carbocycles. The lowest BCUT2D eigenvalue weighted by molar-refractivity contribution is 0.0953. The Hall–Kier alpha value is -3.38. The number of benzene rings is 2. The lowest BCUT2D eigenvalue weighted by Crippen LogP contribution is -2.22. The Labute approximate surface area is 191 Å². The predicted molar refractivity (Wildman–Crippen MR) is 126 cm³/mol. The molecule has 0 fully saturated rings. The fourth-order valence-corrected chi connectivity index (χ4v) is 4.01. The van der Waals surface area contributed by atoms with Gasteiger partial charge in [0.2, 0.25) is 0 Å². The zero-order chi connectivity index (χ0) is 22.8. The van der Waals surface area contributed by atoms with Crippen LogP contribution in [0.25, 0.3) is 0 Å². The van der Waals surface area contributed by atoms with Gasteiger partial charge in [0, 0.05) is 33.8 Å². The van der Waals surface area contributed by atoms with Gasteiger partial charge in [-0.1, -0.05) is 23.7 Å².